The van der Waals surface area contributed by atoms with Crippen LogP contribution in [0.2, 0.25) is 0 Å². The topological polar surface area (TPSA) is 107 Å². The minimum Gasteiger partial charge on any atom is -0.508 e. The number of carbonyl (C=O) groups is 2. The highest BCUT2D eigenvalue weighted by Crippen LogP contribution is 2.22. The van der Waals surface area contributed by atoms with Gasteiger partial charge < -0.3 is 20.6 Å². The Balaban J connectivity index is 2.13. The van der Waals surface area contributed by atoms with E-state index in [4.69, 9.17) is 10.2 Å². The van der Waals surface area contributed by atoms with Crippen LogP contribution in [0.4, 0.5) is 5.69 Å². The number of carboxylic acids is 1. The van der Waals surface area contributed by atoms with Crippen LogP contribution in [0, 0.1) is 0 Å². The van der Waals surface area contributed by atoms with Crippen LogP contribution in [0.15, 0.2) is 48.5 Å². The first kappa shape index (κ1) is 15.1. The van der Waals surface area contributed by atoms with E-state index < -0.39 is 11.9 Å². The van der Waals surface area contributed by atoms with Crippen molar-refractivity contribution < 1.29 is 24.9 Å². The second-order valence-electron chi connectivity index (χ2n) is 4.45. The maximum atomic E-state index is 11.8. The maximum absolute atomic E-state index is 11.8. The predicted octanol–water partition coefficient (Wildman–Crippen LogP) is 2.45. The molecule has 0 radical (unpaired) electrons. The van der Waals surface area contributed by atoms with E-state index in [1.165, 1.54) is 36.4 Å². The van der Waals surface area contributed by atoms with Gasteiger partial charge in [0.2, 0.25) is 5.91 Å². The lowest BCUT2D eigenvalue weighted by Gasteiger charge is -2.07. The number of hydrogen-bond acceptors (Lipinski definition) is 4. The number of anilines is 1. The molecule has 0 atom stereocenters. The fourth-order valence-electron chi connectivity index (χ4n) is 1.75. The van der Waals surface area contributed by atoms with Gasteiger partial charge in [0.1, 0.15) is 11.5 Å². The molecule has 4 N–H and O–H groups in total. The minimum atomic E-state index is -1.21. The van der Waals surface area contributed by atoms with Crippen molar-refractivity contribution in [3.05, 3.63) is 59.7 Å². The average molecular weight is 299 g/mol. The number of rotatable bonds is 4. The largest absolute Gasteiger partial charge is 0.508 e. The number of phenolic OH excluding ortho intramolecular Hbond substituents is 2. The number of aromatic hydroxyl groups is 2. The van der Waals surface area contributed by atoms with E-state index in [9.17, 15) is 14.7 Å². The molecule has 0 unspecified atom stereocenters. The first-order valence-corrected chi connectivity index (χ1v) is 6.30. The van der Waals surface area contributed by atoms with E-state index in [1.807, 2.05) is 0 Å². The van der Waals surface area contributed by atoms with Crippen molar-refractivity contribution in [2.45, 2.75) is 0 Å². The third kappa shape index (κ3) is 3.86. The molecule has 0 aliphatic rings. The summed E-state index contributed by atoms with van der Waals surface area (Å²) in [5.41, 5.74) is 0.583. The molecule has 2 rings (SSSR count). The molecule has 0 spiro atoms. The summed E-state index contributed by atoms with van der Waals surface area (Å²) in [6.07, 6.45) is 2.74. The Morgan fingerprint density at radius 2 is 1.59 bits per heavy atom. The summed E-state index contributed by atoms with van der Waals surface area (Å²) in [5, 5.41) is 30.0. The van der Waals surface area contributed by atoms with E-state index in [0.29, 0.717) is 5.56 Å². The molecule has 22 heavy (non-hydrogen) atoms. The summed E-state index contributed by atoms with van der Waals surface area (Å²) < 4.78 is 0. The monoisotopic (exact) mass is 299 g/mol. The van der Waals surface area contributed by atoms with E-state index in [0.717, 1.165) is 6.07 Å². The summed E-state index contributed by atoms with van der Waals surface area (Å²) in [5.74, 6) is -1.78. The van der Waals surface area contributed by atoms with Crippen LogP contribution in [0.3, 0.4) is 0 Å². The Kier molecular flexibility index (Phi) is 4.43. The van der Waals surface area contributed by atoms with E-state index >= 15 is 0 Å². The highest BCUT2D eigenvalue weighted by molar-refractivity contribution is 6.06. The maximum Gasteiger partial charge on any atom is 0.337 e. The van der Waals surface area contributed by atoms with Gasteiger partial charge >= 0.3 is 5.97 Å². The number of carboxylic acid groups (broad SMARTS) is 1. The van der Waals surface area contributed by atoms with Gasteiger partial charge in [-0.1, -0.05) is 12.1 Å². The fraction of sp³-hybridized carbons (Fsp3) is 0. The quantitative estimate of drug-likeness (QED) is 0.649. The SMILES string of the molecule is O=C(/C=C/c1ccc(O)cc1)Nc1cc(O)ccc1C(=O)O. The van der Waals surface area contributed by atoms with Gasteiger partial charge in [0.05, 0.1) is 11.3 Å². The molecule has 0 heterocycles. The van der Waals surface area contributed by atoms with Crippen molar-refractivity contribution in [3.63, 3.8) is 0 Å². The predicted molar refractivity (Wildman–Crippen MR) is 80.8 cm³/mol. The molecule has 0 saturated heterocycles. The summed E-state index contributed by atoms with van der Waals surface area (Å²) in [6, 6.07) is 9.80. The standard InChI is InChI=1S/C16H13NO5/c18-11-4-1-10(2-5-11)3-8-15(20)17-14-9-12(19)6-7-13(14)16(21)22/h1-9,18-19H,(H,17,20)(H,21,22)/b8-3+. The molecule has 6 heteroatoms. The van der Waals surface area contributed by atoms with Gasteiger partial charge in [-0.15, -0.1) is 0 Å². The van der Waals surface area contributed by atoms with Gasteiger partial charge in [-0.25, -0.2) is 4.79 Å². The first-order chi connectivity index (χ1) is 10.5. The Morgan fingerprint density at radius 3 is 2.23 bits per heavy atom. The highest BCUT2D eigenvalue weighted by Gasteiger charge is 2.12. The zero-order valence-electron chi connectivity index (χ0n) is 11.4. The first-order valence-electron chi connectivity index (χ1n) is 6.30. The van der Waals surface area contributed by atoms with E-state index in [-0.39, 0.29) is 22.7 Å². The molecule has 0 bridgehead atoms. The van der Waals surface area contributed by atoms with Gasteiger partial charge in [0.15, 0.2) is 0 Å². The Labute approximate surface area is 126 Å². The number of amides is 1. The van der Waals surface area contributed by atoms with Crippen molar-refractivity contribution in [2.75, 3.05) is 5.32 Å². The normalized spacial score (nSPS) is 10.5. The second-order valence-corrected chi connectivity index (χ2v) is 4.45. The molecular weight excluding hydrogens is 286 g/mol. The molecular formula is C16H13NO5. The van der Waals surface area contributed by atoms with Crippen molar-refractivity contribution in [2.24, 2.45) is 0 Å². The average Bonchev–Trinajstić information content (AvgIpc) is 2.46. The summed E-state index contributed by atoms with van der Waals surface area (Å²) in [6.45, 7) is 0. The Bertz CT molecular complexity index is 735. The molecule has 0 aromatic heterocycles. The minimum absolute atomic E-state index is 0.00727. The molecule has 112 valence electrons. The molecule has 0 saturated carbocycles. The number of nitrogens with one attached hydrogen (secondary N) is 1. The Morgan fingerprint density at radius 1 is 0.955 bits per heavy atom. The van der Waals surface area contributed by atoms with Gasteiger partial charge in [-0.05, 0) is 35.9 Å². The molecule has 2 aromatic carbocycles. The zero-order chi connectivity index (χ0) is 16.1. The molecule has 0 fully saturated rings. The van der Waals surface area contributed by atoms with Crippen LogP contribution in [-0.2, 0) is 4.79 Å². The van der Waals surface area contributed by atoms with Crippen molar-refractivity contribution in [3.8, 4) is 11.5 Å². The summed E-state index contributed by atoms with van der Waals surface area (Å²) in [7, 11) is 0. The van der Waals surface area contributed by atoms with E-state index in [1.54, 1.807) is 12.1 Å². The lowest BCUT2D eigenvalue weighted by atomic mass is 10.1. The zero-order valence-corrected chi connectivity index (χ0v) is 11.4. The molecule has 0 aliphatic carbocycles. The van der Waals surface area contributed by atoms with Crippen LogP contribution in [0.5, 0.6) is 11.5 Å². The van der Waals surface area contributed by atoms with Gasteiger partial charge in [0.25, 0.3) is 0 Å². The Hall–Kier alpha value is -3.28. The summed E-state index contributed by atoms with van der Waals surface area (Å²) >= 11 is 0. The van der Waals surface area contributed by atoms with Crippen LogP contribution in [-0.4, -0.2) is 27.2 Å². The van der Waals surface area contributed by atoms with Crippen molar-refractivity contribution >= 4 is 23.6 Å². The third-order valence-electron chi connectivity index (χ3n) is 2.81. The number of phenols is 2. The molecule has 2 aromatic rings. The molecule has 0 aliphatic heterocycles. The third-order valence-corrected chi connectivity index (χ3v) is 2.81. The molecule has 6 nitrogen and oxygen atoms in total. The van der Waals surface area contributed by atoms with Crippen LogP contribution in [0.25, 0.3) is 6.08 Å². The van der Waals surface area contributed by atoms with Gasteiger partial charge in [-0.2, -0.15) is 0 Å². The summed E-state index contributed by atoms with van der Waals surface area (Å²) in [4.78, 5) is 22.9. The van der Waals surface area contributed by atoms with E-state index in [2.05, 4.69) is 5.32 Å². The lowest BCUT2D eigenvalue weighted by molar-refractivity contribution is -0.111. The van der Waals surface area contributed by atoms with Gasteiger partial charge in [0, 0.05) is 12.1 Å². The van der Waals surface area contributed by atoms with Crippen LogP contribution >= 0.6 is 0 Å². The molecule has 1 amide bonds. The van der Waals surface area contributed by atoms with Crippen molar-refractivity contribution in [1.82, 2.24) is 0 Å². The number of hydrogen-bond donors (Lipinski definition) is 4. The highest BCUT2D eigenvalue weighted by atomic mass is 16.4. The van der Waals surface area contributed by atoms with Crippen molar-refractivity contribution in [1.29, 1.82) is 0 Å². The smallest absolute Gasteiger partial charge is 0.337 e. The van der Waals surface area contributed by atoms with Crippen LogP contribution in [0.1, 0.15) is 15.9 Å². The number of benzene rings is 2. The van der Waals surface area contributed by atoms with Crippen LogP contribution < -0.4 is 5.32 Å². The second kappa shape index (κ2) is 6.45. The fourth-order valence-corrected chi connectivity index (χ4v) is 1.75. The number of aromatic carboxylic acids is 1. The van der Waals surface area contributed by atoms with Gasteiger partial charge in [-0.3, -0.25) is 4.79 Å². The lowest BCUT2D eigenvalue weighted by Crippen LogP contribution is -2.11. The number of carbonyl (C=O) groups excluding carboxylic acids is 1.